The van der Waals surface area contributed by atoms with Crippen molar-refractivity contribution < 1.29 is 0 Å². The van der Waals surface area contributed by atoms with Gasteiger partial charge in [0.25, 0.3) is 0 Å². The minimum atomic E-state index is 0.549. The average Bonchev–Trinajstić information content (AvgIpc) is 2.85. The molecule has 1 aromatic heterocycles. The first-order valence-electron chi connectivity index (χ1n) is 7.36. The van der Waals surface area contributed by atoms with Crippen LogP contribution in [-0.2, 0) is 20.1 Å². The normalized spacial score (nSPS) is 12.8. The summed E-state index contributed by atoms with van der Waals surface area (Å²) in [4.78, 5) is 6.94. The molecule has 2 aromatic rings. The molecule has 0 aliphatic carbocycles. The maximum absolute atomic E-state index is 4.45. The Morgan fingerprint density at radius 3 is 2.45 bits per heavy atom. The van der Waals surface area contributed by atoms with E-state index in [-0.39, 0.29) is 0 Å². The van der Waals surface area contributed by atoms with Crippen LogP contribution in [0.15, 0.2) is 36.7 Å². The Kier molecular flexibility index (Phi) is 4.96. The van der Waals surface area contributed by atoms with Crippen LogP contribution in [-0.4, -0.2) is 20.5 Å². The van der Waals surface area contributed by atoms with E-state index >= 15 is 0 Å². The van der Waals surface area contributed by atoms with Gasteiger partial charge >= 0.3 is 0 Å². The molecule has 2 rings (SSSR count). The standard InChI is InChI=1S/C17H25N3/c1-5-15(3)20(13-17-18-10-11-19(17)4)12-16-8-6-14(2)7-9-16/h6-11,15H,5,12-13H2,1-4H3/t15-/m0/s1. The topological polar surface area (TPSA) is 21.1 Å². The van der Waals surface area contributed by atoms with Gasteiger partial charge in [0.2, 0.25) is 0 Å². The number of imidazole rings is 1. The van der Waals surface area contributed by atoms with Gasteiger partial charge in [0.05, 0.1) is 6.54 Å². The molecule has 0 saturated heterocycles. The predicted molar refractivity (Wildman–Crippen MR) is 83.4 cm³/mol. The zero-order chi connectivity index (χ0) is 14.5. The second-order valence-corrected chi connectivity index (χ2v) is 5.60. The quantitative estimate of drug-likeness (QED) is 0.801. The second-order valence-electron chi connectivity index (χ2n) is 5.60. The van der Waals surface area contributed by atoms with Gasteiger partial charge in [0.15, 0.2) is 0 Å². The van der Waals surface area contributed by atoms with Crippen LogP contribution in [0.5, 0.6) is 0 Å². The van der Waals surface area contributed by atoms with E-state index in [9.17, 15) is 0 Å². The highest BCUT2D eigenvalue weighted by molar-refractivity contribution is 5.21. The van der Waals surface area contributed by atoms with Crippen molar-refractivity contribution in [1.29, 1.82) is 0 Å². The van der Waals surface area contributed by atoms with Crippen molar-refractivity contribution in [1.82, 2.24) is 14.5 Å². The fraction of sp³-hybridized carbons (Fsp3) is 0.471. The summed E-state index contributed by atoms with van der Waals surface area (Å²) in [6.07, 6.45) is 5.03. The third-order valence-electron chi connectivity index (χ3n) is 3.99. The van der Waals surface area contributed by atoms with Crippen LogP contribution < -0.4 is 0 Å². The van der Waals surface area contributed by atoms with E-state index in [0.29, 0.717) is 6.04 Å². The highest BCUT2D eigenvalue weighted by atomic mass is 15.2. The van der Waals surface area contributed by atoms with Gasteiger partial charge in [-0.05, 0) is 25.8 Å². The highest BCUT2D eigenvalue weighted by Gasteiger charge is 2.15. The van der Waals surface area contributed by atoms with Gasteiger partial charge in [-0.15, -0.1) is 0 Å². The monoisotopic (exact) mass is 271 g/mol. The zero-order valence-electron chi connectivity index (χ0n) is 13.0. The average molecular weight is 271 g/mol. The van der Waals surface area contributed by atoms with Crippen molar-refractivity contribution in [3.05, 3.63) is 53.6 Å². The SMILES string of the molecule is CC[C@H](C)N(Cc1ccc(C)cc1)Cc1nccn1C. The molecule has 1 atom stereocenters. The summed E-state index contributed by atoms with van der Waals surface area (Å²) in [6.45, 7) is 8.53. The Hall–Kier alpha value is -1.61. The van der Waals surface area contributed by atoms with E-state index in [1.165, 1.54) is 11.1 Å². The van der Waals surface area contributed by atoms with Gasteiger partial charge in [0.1, 0.15) is 5.82 Å². The molecule has 3 heteroatoms. The van der Waals surface area contributed by atoms with Gasteiger partial charge in [-0.25, -0.2) is 4.98 Å². The Morgan fingerprint density at radius 1 is 1.20 bits per heavy atom. The maximum atomic E-state index is 4.45. The van der Waals surface area contributed by atoms with Crippen LogP contribution in [0.4, 0.5) is 0 Å². The first-order valence-corrected chi connectivity index (χ1v) is 7.36. The van der Waals surface area contributed by atoms with Gasteiger partial charge in [-0.1, -0.05) is 36.8 Å². The summed E-state index contributed by atoms with van der Waals surface area (Å²) in [6, 6.07) is 9.37. The Balaban J connectivity index is 2.11. The molecule has 0 aliphatic rings. The first-order chi connectivity index (χ1) is 9.60. The van der Waals surface area contributed by atoms with E-state index in [1.807, 2.05) is 12.4 Å². The van der Waals surface area contributed by atoms with Gasteiger partial charge < -0.3 is 4.57 Å². The van der Waals surface area contributed by atoms with E-state index in [2.05, 4.69) is 66.5 Å². The predicted octanol–water partition coefficient (Wildman–Crippen LogP) is 3.53. The van der Waals surface area contributed by atoms with Gasteiger partial charge in [0, 0.05) is 32.0 Å². The molecule has 3 nitrogen and oxygen atoms in total. The smallest absolute Gasteiger partial charge is 0.122 e. The number of rotatable bonds is 6. The molecule has 108 valence electrons. The van der Waals surface area contributed by atoms with Crippen molar-refractivity contribution in [2.75, 3.05) is 0 Å². The summed E-state index contributed by atoms with van der Waals surface area (Å²) in [5.41, 5.74) is 2.68. The fourth-order valence-electron chi connectivity index (χ4n) is 2.28. The van der Waals surface area contributed by atoms with Crippen molar-refractivity contribution >= 4 is 0 Å². The van der Waals surface area contributed by atoms with Crippen molar-refractivity contribution in [3.8, 4) is 0 Å². The second kappa shape index (κ2) is 6.71. The maximum Gasteiger partial charge on any atom is 0.122 e. The van der Waals surface area contributed by atoms with E-state index in [1.54, 1.807) is 0 Å². The van der Waals surface area contributed by atoms with E-state index < -0.39 is 0 Å². The number of hydrogen-bond acceptors (Lipinski definition) is 2. The molecule has 20 heavy (non-hydrogen) atoms. The summed E-state index contributed by atoms with van der Waals surface area (Å²) in [7, 11) is 2.06. The fourth-order valence-corrected chi connectivity index (χ4v) is 2.28. The number of nitrogens with zero attached hydrogens (tertiary/aromatic N) is 3. The summed E-state index contributed by atoms with van der Waals surface area (Å²) >= 11 is 0. The number of hydrogen-bond donors (Lipinski definition) is 0. The lowest BCUT2D eigenvalue weighted by atomic mass is 10.1. The Morgan fingerprint density at radius 2 is 1.90 bits per heavy atom. The molecule has 0 unspecified atom stereocenters. The summed E-state index contributed by atoms with van der Waals surface area (Å²) < 4.78 is 2.10. The molecule has 0 fully saturated rings. The minimum absolute atomic E-state index is 0.549. The molecule has 0 N–H and O–H groups in total. The largest absolute Gasteiger partial charge is 0.337 e. The van der Waals surface area contributed by atoms with Crippen LogP contribution in [0, 0.1) is 6.92 Å². The first kappa shape index (κ1) is 14.8. The van der Waals surface area contributed by atoms with Crippen LogP contribution in [0.2, 0.25) is 0 Å². The molecular weight excluding hydrogens is 246 g/mol. The molecular formula is C17H25N3. The van der Waals surface area contributed by atoms with Crippen LogP contribution in [0.1, 0.15) is 37.2 Å². The molecule has 0 saturated carbocycles. The molecule has 1 aromatic carbocycles. The number of aryl methyl sites for hydroxylation is 2. The van der Waals surface area contributed by atoms with Gasteiger partial charge in [-0.2, -0.15) is 0 Å². The zero-order valence-corrected chi connectivity index (χ0v) is 13.0. The molecule has 0 spiro atoms. The third kappa shape index (κ3) is 3.70. The van der Waals surface area contributed by atoms with Crippen LogP contribution in [0.25, 0.3) is 0 Å². The third-order valence-corrected chi connectivity index (χ3v) is 3.99. The summed E-state index contributed by atoms with van der Waals surface area (Å²) in [5, 5.41) is 0. The van der Waals surface area contributed by atoms with Crippen LogP contribution in [0.3, 0.4) is 0 Å². The molecule has 0 radical (unpaired) electrons. The van der Waals surface area contributed by atoms with Crippen LogP contribution >= 0.6 is 0 Å². The van der Waals surface area contributed by atoms with Crippen molar-refractivity contribution in [3.63, 3.8) is 0 Å². The van der Waals surface area contributed by atoms with Crippen molar-refractivity contribution in [2.24, 2.45) is 7.05 Å². The van der Waals surface area contributed by atoms with E-state index in [0.717, 1.165) is 25.3 Å². The van der Waals surface area contributed by atoms with Crippen molar-refractivity contribution in [2.45, 2.75) is 46.3 Å². The molecule has 0 amide bonds. The lowest BCUT2D eigenvalue weighted by Crippen LogP contribution is -2.32. The summed E-state index contributed by atoms with van der Waals surface area (Å²) in [5.74, 6) is 1.12. The molecule has 0 bridgehead atoms. The Labute approximate surface area is 122 Å². The Bertz CT molecular complexity index is 527. The lowest BCUT2D eigenvalue weighted by molar-refractivity contribution is 0.179. The van der Waals surface area contributed by atoms with Gasteiger partial charge in [-0.3, -0.25) is 4.90 Å². The highest BCUT2D eigenvalue weighted by Crippen LogP contribution is 2.14. The molecule has 1 heterocycles. The minimum Gasteiger partial charge on any atom is -0.337 e. The molecule has 0 aliphatic heterocycles. The number of aromatic nitrogens is 2. The lowest BCUT2D eigenvalue weighted by Gasteiger charge is -2.28. The van der Waals surface area contributed by atoms with E-state index in [4.69, 9.17) is 0 Å². The number of benzene rings is 1.